The Hall–Kier alpha value is -1.12. The van der Waals surface area contributed by atoms with Crippen molar-refractivity contribution in [2.45, 2.75) is 6.54 Å². The van der Waals surface area contributed by atoms with E-state index in [-0.39, 0.29) is 11.7 Å². The number of carbonyl (C=O) groups excluding carboxylic acids is 1. The van der Waals surface area contributed by atoms with Crippen LogP contribution in [0.5, 0.6) is 0 Å². The number of nitrogens with one attached hydrogen (secondary N) is 1. The van der Waals surface area contributed by atoms with Gasteiger partial charge in [-0.3, -0.25) is 4.79 Å². The summed E-state index contributed by atoms with van der Waals surface area (Å²) >= 11 is 6.27. The van der Waals surface area contributed by atoms with Gasteiger partial charge in [0.15, 0.2) is 5.13 Å². The van der Waals surface area contributed by atoms with Crippen LogP contribution >= 0.6 is 38.6 Å². The van der Waals surface area contributed by atoms with Crippen molar-refractivity contribution >= 4 is 55.5 Å². The van der Waals surface area contributed by atoms with Gasteiger partial charge in [0.1, 0.15) is 10.7 Å². The van der Waals surface area contributed by atoms with Crippen molar-refractivity contribution < 1.29 is 4.79 Å². The molecule has 0 aliphatic heterocycles. The van der Waals surface area contributed by atoms with Gasteiger partial charge in [-0.15, -0.1) is 11.3 Å². The van der Waals surface area contributed by atoms with E-state index in [1.807, 2.05) is 11.4 Å². The topological polar surface area (TPSA) is 71.2 Å². The van der Waals surface area contributed by atoms with Gasteiger partial charge in [0.05, 0.1) is 6.54 Å². The zero-order chi connectivity index (χ0) is 14.0. The third-order valence-electron chi connectivity index (χ3n) is 2.42. The average Bonchev–Trinajstić information content (AvgIpc) is 2.94. The first-order valence-corrected chi connectivity index (χ1v) is 7.92. The molecule has 2 heterocycles. The van der Waals surface area contributed by atoms with Gasteiger partial charge >= 0.3 is 0 Å². The van der Waals surface area contributed by atoms with Gasteiger partial charge in [0.2, 0.25) is 0 Å². The van der Waals surface area contributed by atoms with Crippen molar-refractivity contribution in [3.05, 3.63) is 25.7 Å². The minimum absolute atomic E-state index is 0.110. The Bertz CT molecular complexity index is 595. The largest absolute Gasteiger partial charge is 0.382 e. The summed E-state index contributed by atoms with van der Waals surface area (Å²) in [6.45, 7) is 0.557. The third kappa shape index (κ3) is 3.26. The van der Waals surface area contributed by atoms with E-state index in [2.05, 4.69) is 26.2 Å². The summed E-state index contributed by atoms with van der Waals surface area (Å²) in [5, 5.41) is 5.53. The molecule has 2 rings (SSSR count). The Morgan fingerprint density at radius 2 is 2.37 bits per heavy atom. The number of hydrogen-bond donors (Lipinski definition) is 2. The molecule has 1 amide bonds. The maximum Gasteiger partial charge on any atom is 0.267 e. The number of nitrogens with two attached hydrogens (primary N) is 1. The molecule has 0 aliphatic carbocycles. The number of thiazole rings is 1. The monoisotopic (exact) mass is 360 g/mol. The predicted octanol–water partition coefficient (Wildman–Crippen LogP) is 2.86. The third-order valence-corrected chi connectivity index (χ3v) is 5.18. The van der Waals surface area contributed by atoms with Gasteiger partial charge < -0.3 is 16.0 Å². The second kappa shape index (κ2) is 5.89. The lowest BCUT2D eigenvalue weighted by Crippen LogP contribution is -2.25. The van der Waals surface area contributed by atoms with E-state index in [0.29, 0.717) is 16.6 Å². The lowest BCUT2D eigenvalue weighted by Gasteiger charge is -2.15. The smallest absolute Gasteiger partial charge is 0.267 e. The maximum atomic E-state index is 12.3. The zero-order valence-electron chi connectivity index (χ0n) is 10.4. The number of amides is 1. The van der Waals surface area contributed by atoms with Crippen molar-refractivity contribution in [3.8, 4) is 0 Å². The molecule has 0 radical (unpaired) electrons. The number of carbonyl (C=O) groups is 1. The first-order chi connectivity index (χ1) is 9.01. The van der Waals surface area contributed by atoms with E-state index in [9.17, 15) is 4.79 Å². The molecular weight excluding hydrogens is 348 g/mol. The maximum absolute atomic E-state index is 12.3. The predicted molar refractivity (Wildman–Crippen MR) is 83.9 cm³/mol. The molecule has 5 nitrogen and oxygen atoms in total. The number of nitrogen functional groups attached to an aromatic ring is 1. The summed E-state index contributed by atoms with van der Waals surface area (Å²) in [6, 6.07) is 2.00. The SMILES string of the molecule is CNc1nc(N)c(C(=O)N(C)Cc2cc(Br)cs2)s1. The highest BCUT2D eigenvalue weighted by atomic mass is 79.9. The van der Waals surface area contributed by atoms with Crippen LogP contribution in [0.3, 0.4) is 0 Å². The van der Waals surface area contributed by atoms with Crippen LogP contribution in [0.4, 0.5) is 10.9 Å². The number of hydrogen-bond acceptors (Lipinski definition) is 6. The molecule has 0 saturated carbocycles. The van der Waals surface area contributed by atoms with Crippen LogP contribution in [0.15, 0.2) is 15.9 Å². The number of nitrogens with zero attached hydrogens (tertiary/aromatic N) is 2. The van der Waals surface area contributed by atoms with Gasteiger partial charge in [0.25, 0.3) is 5.91 Å². The molecule has 0 aromatic carbocycles. The highest BCUT2D eigenvalue weighted by Crippen LogP contribution is 2.27. The molecule has 102 valence electrons. The second-order valence-corrected chi connectivity index (χ2v) is 6.79. The van der Waals surface area contributed by atoms with E-state index >= 15 is 0 Å². The molecule has 0 fully saturated rings. The Morgan fingerprint density at radius 3 is 2.89 bits per heavy atom. The van der Waals surface area contributed by atoms with Crippen molar-refractivity contribution in [1.82, 2.24) is 9.88 Å². The Labute approximate surface area is 127 Å². The molecule has 0 unspecified atom stereocenters. The lowest BCUT2D eigenvalue weighted by atomic mass is 10.4. The fraction of sp³-hybridized carbons (Fsp3) is 0.273. The van der Waals surface area contributed by atoms with Crippen molar-refractivity contribution in [3.63, 3.8) is 0 Å². The van der Waals surface area contributed by atoms with Crippen molar-refractivity contribution in [1.29, 1.82) is 0 Å². The fourth-order valence-electron chi connectivity index (χ4n) is 1.51. The summed E-state index contributed by atoms with van der Waals surface area (Å²) in [5.74, 6) is 0.166. The number of rotatable bonds is 4. The molecule has 8 heteroatoms. The van der Waals surface area contributed by atoms with Crippen LogP contribution in [0.25, 0.3) is 0 Å². The van der Waals surface area contributed by atoms with Gasteiger partial charge in [-0.2, -0.15) is 0 Å². The van der Waals surface area contributed by atoms with Gasteiger partial charge in [-0.1, -0.05) is 11.3 Å². The lowest BCUT2D eigenvalue weighted by molar-refractivity contribution is 0.0792. The molecule has 0 atom stereocenters. The first kappa shape index (κ1) is 14.3. The van der Waals surface area contributed by atoms with Crippen LogP contribution < -0.4 is 11.1 Å². The van der Waals surface area contributed by atoms with Crippen LogP contribution in [0.2, 0.25) is 0 Å². The van der Waals surface area contributed by atoms with Crippen molar-refractivity contribution in [2.75, 3.05) is 25.1 Å². The molecule has 2 aromatic heterocycles. The summed E-state index contributed by atoms with van der Waals surface area (Å²) < 4.78 is 1.03. The Balaban J connectivity index is 2.12. The second-order valence-electron chi connectivity index (χ2n) is 3.88. The van der Waals surface area contributed by atoms with Gasteiger partial charge in [0, 0.05) is 28.8 Å². The molecule has 3 N–H and O–H groups in total. The first-order valence-electron chi connectivity index (χ1n) is 5.43. The molecular formula is C11H13BrN4OS2. The number of thiophene rings is 1. The molecule has 2 aromatic rings. The zero-order valence-corrected chi connectivity index (χ0v) is 13.7. The quantitative estimate of drug-likeness (QED) is 0.879. The van der Waals surface area contributed by atoms with Crippen molar-refractivity contribution in [2.24, 2.45) is 0 Å². The summed E-state index contributed by atoms with van der Waals surface area (Å²) in [4.78, 5) is 19.6. The van der Waals surface area contributed by atoms with Crippen LogP contribution in [-0.2, 0) is 6.54 Å². The van der Waals surface area contributed by atoms with Crippen LogP contribution in [-0.4, -0.2) is 29.9 Å². The number of halogens is 1. The van der Waals surface area contributed by atoms with Crippen LogP contribution in [0, 0.1) is 0 Å². The van der Waals surface area contributed by atoms with Crippen LogP contribution in [0.1, 0.15) is 14.5 Å². The molecule has 0 saturated heterocycles. The number of anilines is 2. The molecule has 19 heavy (non-hydrogen) atoms. The summed E-state index contributed by atoms with van der Waals surface area (Å²) in [6.07, 6.45) is 0. The average molecular weight is 361 g/mol. The summed E-state index contributed by atoms with van der Waals surface area (Å²) in [7, 11) is 3.51. The van der Waals surface area contributed by atoms with E-state index in [1.165, 1.54) is 11.3 Å². The van der Waals surface area contributed by atoms with E-state index < -0.39 is 0 Å². The summed E-state index contributed by atoms with van der Waals surface area (Å²) in [5.41, 5.74) is 5.76. The highest BCUT2D eigenvalue weighted by molar-refractivity contribution is 9.10. The normalized spacial score (nSPS) is 10.5. The van der Waals surface area contributed by atoms with E-state index in [1.54, 1.807) is 30.3 Å². The van der Waals surface area contributed by atoms with E-state index in [0.717, 1.165) is 9.35 Å². The minimum atomic E-state index is -0.110. The molecule has 0 bridgehead atoms. The Kier molecular flexibility index (Phi) is 4.43. The Morgan fingerprint density at radius 1 is 1.63 bits per heavy atom. The fourth-order valence-corrected chi connectivity index (χ4v) is 3.84. The minimum Gasteiger partial charge on any atom is -0.382 e. The highest BCUT2D eigenvalue weighted by Gasteiger charge is 2.20. The van der Waals surface area contributed by atoms with Gasteiger partial charge in [-0.05, 0) is 22.0 Å². The van der Waals surface area contributed by atoms with E-state index in [4.69, 9.17) is 5.73 Å². The standard InChI is InChI=1S/C11H13BrN4OS2/c1-14-11-15-9(13)8(19-11)10(17)16(2)4-7-3-6(12)5-18-7/h3,5H,4,13H2,1-2H3,(H,14,15). The molecule has 0 aliphatic rings. The molecule has 0 spiro atoms. The number of aromatic nitrogens is 1. The van der Waals surface area contributed by atoms with Gasteiger partial charge in [-0.25, -0.2) is 4.98 Å².